The average molecular weight is 251 g/mol. The fourth-order valence-electron chi connectivity index (χ4n) is 2.02. The van der Waals surface area contributed by atoms with Gasteiger partial charge in [-0.05, 0) is 19.1 Å². The van der Waals surface area contributed by atoms with E-state index >= 15 is 0 Å². The summed E-state index contributed by atoms with van der Waals surface area (Å²) in [7, 11) is 0. The van der Waals surface area contributed by atoms with Crippen molar-refractivity contribution >= 4 is 0 Å². The molecule has 0 saturated heterocycles. The molecule has 4 nitrogen and oxygen atoms in total. The van der Waals surface area contributed by atoms with Crippen molar-refractivity contribution in [3.63, 3.8) is 0 Å². The molecule has 3 atom stereocenters. The van der Waals surface area contributed by atoms with Crippen LogP contribution in [0.2, 0.25) is 0 Å². The first-order valence-electron chi connectivity index (χ1n) is 6.41. The zero-order valence-corrected chi connectivity index (χ0v) is 11.1. The van der Waals surface area contributed by atoms with Crippen LogP contribution in [0.1, 0.15) is 20.8 Å². The second-order valence-electron chi connectivity index (χ2n) is 4.98. The highest BCUT2D eigenvalue weighted by molar-refractivity contribution is 5.41. The van der Waals surface area contributed by atoms with Gasteiger partial charge in [0.1, 0.15) is 12.2 Å². The Hall–Kier alpha value is -1.26. The van der Waals surface area contributed by atoms with Crippen LogP contribution >= 0.6 is 0 Å². The lowest BCUT2D eigenvalue weighted by molar-refractivity contribution is -0.0464. The highest BCUT2D eigenvalue weighted by atomic mass is 16.6. The summed E-state index contributed by atoms with van der Waals surface area (Å²) < 4.78 is 11.6. The summed E-state index contributed by atoms with van der Waals surface area (Å²) in [5.41, 5.74) is 0. The molecule has 18 heavy (non-hydrogen) atoms. The average Bonchev–Trinajstić information content (AvgIpc) is 2.35. The van der Waals surface area contributed by atoms with E-state index in [1.165, 1.54) is 0 Å². The number of benzene rings is 1. The first kappa shape index (κ1) is 13.2. The van der Waals surface area contributed by atoms with E-state index in [1.54, 1.807) is 0 Å². The summed E-state index contributed by atoms with van der Waals surface area (Å²) in [4.78, 5) is 0. The molecule has 1 aliphatic heterocycles. The minimum Gasteiger partial charge on any atom is -0.483 e. The Bertz CT molecular complexity index is 394. The maximum absolute atomic E-state index is 10.2. The Labute approximate surface area is 108 Å². The molecule has 0 aliphatic carbocycles. The van der Waals surface area contributed by atoms with Gasteiger partial charge in [0, 0.05) is 12.6 Å². The molecule has 0 spiro atoms. The molecule has 2 rings (SSSR count). The fourth-order valence-corrected chi connectivity index (χ4v) is 2.02. The lowest BCUT2D eigenvalue weighted by Crippen LogP contribution is -2.50. The van der Waals surface area contributed by atoms with Gasteiger partial charge in [0.05, 0.1) is 0 Å². The first-order chi connectivity index (χ1) is 8.58. The third-order valence-corrected chi connectivity index (χ3v) is 3.00. The lowest BCUT2D eigenvalue weighted by Gasteiger charge is -2.35. The molecule has 1 heterocycles. The summed E-state index contributed by atoms with van der Waals surface area (Å²) in [5.74, 6) is 1.44. The summed E-state index contributed by atoms with van der Waals surface area (Å²) >= 11 is 0. The normalized spacial score (nSPS) is 24.1. The van der Waals surface area contributed by atoms with Crippen molar-refractivity contribution in [2.45, 2.75) is 45.1 Å². The van der Waals surface area contributed by atoms with Gasteiger partial charge in [-0.2, -0.15) is 0 Å². The molecule has 0 amide bonds. The van der Waals surface area contributed by atoms with Gasteiger partial charge in [-0.25, -0.2) is 0 Å². The van der Waals surface area contributed by atoms with E-state index in [4.69, 9.17) is 9.47 Å². The number of aliphatic hydroxyl groups is 1. The first-order valence-corrected chi connectivity index (χ1v) is 6.41. The SMILES string of the molecule is CC(C)NC[C@H](O)[C@@H]1Oc2ccccc2O[C@H]1C. The molecule has 100 valence electrons. The lowest BCUT2D eigenvalue weighted by atomic mass is 10.1. The van der Waals surface area contributed by atoms with E-state index in [1.807, 2.05) is 45.0 Å². The van der Waals surface area contributed by atoms with E-state index in [-0.39, 0.29) is 12.2 Å². The van der Waals surface area contributed by atoms with Gasteiger partial charge in [0.2, 0.25) is 0 Å². The van der Waals surface area contributed by atoms with Crippen LogP contribution in [0.3, 0.4) is 0 Å². The molecule has 0 unspecified atom stereocenters. The molecule has 0 saturated carbocycles. The van der Waals surface area contributed by atoms with Crippen molar-refractivity contribution in [3.8, 4) is 11.5 Å². The number of fused-ring (bicyclic) bond motifs is 1. The molecule has 2 N–H and O–H groups in total. The van der Waals surface area contributed by atoms with E-state index in [0.717, 1.165) is 5.75 Å². The largest absolute Gasteiger partial charge is 0.483 e. The fraction of sp³-hybridized carbons (Fsp3) is 0.571. The van der Waals surface area contributed by atoms with E-state index in [2.05, 4.69) is 5.32 Å². The van der Waals surface area contributed by atoms with Gasteiger partial charge in [-0.1, -0.05) is 26.0 Å². The second-order valence-corrected chi connectivity index (χ2v) is 4.98. The zero-order chi connectivity index (χ0) is 13.1. The molecule has 4 heteroatoms. The van der Waals surface area contributed by atoms with Crippen LogP contribution in [0.25, 0.3) is 0 Å². The Balaban J connectivity index is 2.02. The van der Waals surface area contributed by atoms with Crippen LogP contribution in [0.5, 0.6) is 11.5 Å². The van der Waals surface area contributed by atoms with Crippen molar-refractivity contribution in [1.82, 2.24) is 5.32 Å². The third kappa shape index (κ3) is 2.94. The molecule has 1 aromatic carbocycles. The highest BCUT2D eigenvalue weighted by Gasteiger charge is 2.33. The smallest absolute Gasteiger partial charge is 0.162 e. The van der Waals surface area contributed by atoms with Gasteiger partial charge in [-0.3, -0.25) is 0 Å². The van der Waals surface area contributed by atoms with E-state index in [9.17, 15) is 5.11 Å². The molecule has 0 aromatic heterocycles. The molecule has 0 radical (unpaired) electrons. The van der Waals surface area contributed by atoms with Crippen molar-refractivity contribution in [1.29, 1.82) is 0 Å². The molecule has 0 bridgehead atoms. The number of ether oxygens (including phenoxy) is 2. The van der Waals surface area contributed by atoms with Gasteiger partial charge in [0.15, 0.2) is 17.6 Å². The summed E-state index contributed by atoms with van der Waals surface area (Å²) in [6.07, 6.45) is -1.09. The van der Waals surface area contributed by atoms with Gasteiger partial charge < -0.3 is 19.9 Å². The third-order valence-electron chi connectivity index (χ3n) is 3.00. The number of para-hydroxylation sites is 2. The number of hydrogen-bond donors (Lipinski definition) is 2. The molecular weight excluding hydrogens is 230 g/mol. The van der Waals surface area contributed by atoms with Crippen LogP contribution in [0.15, 0.2) is 24.3 Å². The molecule has 0 fully saturated rings. The monoisotopic (exact) mass is 251 g/mol. The van der Waals surface area contributed by atoms with Crippen molar-refractivity contribution < 1.29 is 14.6 Å². The number of hydrogen-bond acceptors (Lipinski definition) is 4. The van der Waals surface area contributed by atoms with Crippen molar-refractivity contribution in [3.05, 3.63) is 24.3 Å². The highest BCUT2D eigenvalue weighted by Crippen LogP contribution is 2.34. The zero-order valence-electron chi connectivity index (χ0n) is 11.1. The summed E-state index contributed by atoms with van der Waals surface area (Å²) in [6.45, 7) is 6.50. The Morgan fingerprint density at radius 2 is 1.83 bits per heavy atom. The van der Waals surface area contributed by atoms with Crippen molar-refractivity contribution in [2.75, 3.05) is 6.54 Å². The standard InChI is InChI=1S/C14H21NO3/c1-9(2)15-8-11(16)14-10(3)17-12-6-4-5-7-13(12)18-14/h4-7,9-11,14-16H,8H2,1-3H3/t10-,11-,14+/m0/s1. The summed E-state index contributed by atoms with van der Waals surface area (Å²) in [5, 5.41) is 13.4. The Kier molecular flexibility index (Phi) is 4.09. The van der Waals surface area contributed by atoms with E-state index < -0.39 is 6.10 Å². The van der Waals surface area contributed by atoms with Gasteiger partial charge in [0.25, 0.3) is 0 Å². The molecular formula is C14H21NO3. The summed E-state index contributed by atoms with van der Waals surface area (Å²) in [6, 6.07) is 7.88. The predicted octanol–water partition coefficient (Wildman–Crippen LogP) is 1.57. The minimum absolute atomic E-state index is 0.163. The Morgan fingerprint density at radius 1 is 1.22 bits per heavy atom. The van der Waals surface area contributed by atoms with Crippen LogP contribution in [0, 0.1) is 0 Å². The molecule has 1 aliphatic rings. The quantitative estimate of drug-likeness (QED) is 0.853. The number of nitrogens with one attached hydrogen (secondary N) is 1. The van der Waals surface area contributed by atoms with Gasteiger partial charge >= 0.3 is 0 Å². The van der Waals surface area contributed by atoms with Gasteiger partial charge in [-0.15, -0.1) is 0 Å². The number of aliphatic hydroxyl groups excluding tert-OH is 1. The van der Waals surface area contributed by atoms with Crippen LogP contribution in [-0.4, -0.2) is 36.0 Å². The maximum Gasteiger partial charge on any atom is 0.162 e. The van der Waals surface area contributed by atoms with Crippen LogP contribution < -0.4 is 14.8 Å². The Morgan fingerprint density at radius 3 is 2.44 bits per heavy atom. The van der Waals surface area contributed by atoms with Crippen molar-refractivity contribution in [2.24, 2.45) is 0 Å². The van der Waals surface area contributed by atoms with Crippen LogP contribution in [0.4, 0.5) is 0 Å². The maximum atomic E-state index is 10.2. The second kappa shape index (κ2) is 5.59. The predicted molar refractivity (Wildman–Crippen MR) is 70.1 cm³/mol. The topological polar surface area (TPSA) is 50.7 Å². The molecule has 1 aromatic rings. The number of rotatable bonds is 4. The van der Waals surface area contributed by atoms with Crippen LogP contribution in [-0.2, 0) is 0 Å². The minimum atomic E-state index is -0.587. The van der Waals surface area contributed by atoms with E-state index in [0.29, 0.717) is 18.3 Å².